The number of hydrogen-bond acceptors (Lipinski definition) is 5. The number of amides is 1. The van der Waals surface area contributed by atoms with Gasteiger partial charge in [0, 0.05) is 15.6 Å². The third-order valence-electron chi connectivity index (χ3n) is 4.46. The average molecular weight is 430 g/mol. The van der Waals surface area contributed by atoms with Gasteiger partial charge in [-0.15, -0.1) is 11.3 Å². The molecule has 0 aliphatic rings. The van der Waals surface area contributed by atoms with Gasteiger partial charge in [0.15, 0.2) is 6.10 Å². The molecule has 1 N–H and O–H groups in total. The Labute approximate surface area is 177 Å². The second-order valence-electron chi connectivity index (χ2n) is 6.47. The van der Waals surface area contributed by atoms with Crippen molar-refractivity contribution in [1.82, 2.24) is 5.32 Å². The van der Waals surface area contributed by atoms with Gasteiger partial charge in [-0.3, -0.25) is 14.4 Å². The molecular weight excluding hydrogens is 410 g/mol. The van der Waals surface area contributed by atoms with Gasteiger partial charge >= 0.3 is 5.97 Å². The van der Waals surface area contributed by atoms with Crippen LogP contribution in [0.3, 0.4) is 0 Å². The van der Waals surface area contributed by atoms with Crippen LogP contribution in [-0.2, 0) is 16.0 Å². The maximum Gasteiger partial charge on any atom is 0.326 e. The largest absolute Gasteiger partial charge is 0.453 e. The van der Waals surface area contributed by atoms with Crippen molar-refractivity contribution in [2.45, 2.75) is 26.4 Å². The summed E-state index contributed by atoms with van der Waals surface area (Å²) in [5, 5.41) is 3.65. The van der Waals surface area contributed by atoms with Gasteiger partial charge in [0.25, 0.3) is 5.91 Å². The minimum atomic E-state index is -0.945. The van der Waals surface area contributed by atoms with E-state index in [1.165, 1.54) is 18.3 Å². The van der Waals surface area contributed by atoms with E-state index in [4.69, 9.17) is 16.3 Å². The second kappa shape index (κ2) is 9.20. The van der Waals surface area contributed by atoms with Gasteiger partial charge < -0.3 is 10.1 Å². The third-order valence-corrected chi connectivity index (χ3v) is 6.13. The van der Waals surface area contributed by atoms with Crippen LogP contribution in [0.1, 0.15) is 39.4 Å². The van der Waals surface area contributed by atoms with Crippen LogP contribution in [0.2, 0.25) is 5.02 Å². The van der Waals surface area contributed by atoms with E-state index in [1.807, 2.05) is 43.3 Å². The molecule has 1 unspecified atom stereocenters. The zero-order chi connectivity index (χ0) is 21.0. The summed E-state index contributed by atoms with van der Waals surface area (Å²) in [6.45, 7) is 3.19. The van der Waals surface area contributed by atoms with Gasteiger partial charge in [-0.25, -0.2) is 0 Å². The van der Waals surface area contributed by atoms with Crippen LogP contribution >= 0.6 is 22.9 Å². The van der Waals surface area contributed by atoms with Crippen molar-refractivity contribution in [3.8, 4) is 0 Å². The number of fused-ring (bicyclic) bond motifs is 1. The lowest BCUT2D eigenvalue weighted by Crippen LogP contribution is -2.33. The molecule has 1 heterocycles. The highest BCUT2D eigenvalue weighted by Gasteiger charge is 2.21. The van der Waals surface area contributed by atoms with Gasteiger partial charge in [0.1, 0.15) is 11.4 Å². The van der Waals surface area contributed by atoms with Gasteiger partial charge in [-0.2, -0.15) is 0 Å². The minimum absolute atomic E-state index is 0.292. The maximum absolute atomic E-state index is 12.4. The number of ether oxygens (including phenoxy) is 1. The van der Waals surface area contributed by atoms with Crippen LogP contribution in [0.5, 0.6) is 0 Å². The summed E-state index contributed by atoms with van der Waals surface area (Å²) < 4.78 is 6.05. The van der Waals surface area contributed by atoms with Crippen molar-refractivity contribution in [3.63, 3.8) is 0 Å². The van der Waals surface area contributed by atoms with E-state index in [2.05, 4.69) is 5.32 Å². The Morgan fingerprint density at radius 1 is 1.10 bits per heavy atom. The first-order valence-corrected chi connectivity index (χ1v) is 10.4. The lowest BCUT2D eigenvalue weighted by molar-refractivity contribution is -0.145. The Morgan fingerprint density at radius 3 is 2.45 bits per heavy atom. The predicted molar refractivity (Wildman–Crippen MR) is 115 cm³/mol. The average Bonchev–Trinajstić information content (AvgIpc) is 3.08. The molecule has 0 aliphatic carbocycles. The van der Waals surface area contributed by atoms with Crippen molar-refractivity contribution < 1.29 is 19.1 Å². The number of halogens is 1. The number of esters is 1. The summed E-state index contributed by atoms with van der Waals surface area (Å²) in [5.74, 6) is -1.44. The first-order valence-electron chi connectivity index (χ1n) is 9.18. The number of rotatable bonds is 7. The smallest absolute Gasteiger partial charge is 0.326 e. The summed E-state index contributed by atoms with van der Waals surface area (Å²) >= 11 is 7.52. The number of hydrogen-bond donors (Lipinski definition) is 1. The fraction of sp³-hybridized carbons (Fsp3) is 0.227. The van der Waals surface area contributed by atoms with Crippen molar-refractivity contribution in [1.29, 1.82) is 0 Å². The standard InChI is InChI=1S/C22H20ClNO4S/c1-3-14-8-10-15(11-9-14)20(26)13(2)28-18(25)12-24-22(27)21-19(23)16-6-4-5-7-17(16)29-21/h4-11,13H,3,12H2,1-2H3,(H,24,27). The number of benzene rings is 2. The number of nitrogens with one attached hydrogen (secondary N) is 1. The topological polar surface area (TPSA) is 72.5 Å². The van der Waals surface area contributed by atoms with Crippen LogP contribution in [0, 0.1) is 0 Å². The van der Waals surface area contributed by atoms with Crippen molar-refractivity contribution in [2.75, 3.05) is 6.54 Å². The van der Waals surface area contributed by atoms with Gasteiger partial charge in [0.2, 0.25) is 5.78 Å². The molecule has 29 heavy (non-hydrogen) atoms. The Kier molecular flexibility index (Phi) is 6.67. The highest BCUT2D eigenvalue weighted by Crippen LogP contribution is 2.34. The molecular formula is C22H20ClNO4S. The van der Waals surface area contributed by atoms with Gasteiger partial charge in [0.05, 0.1) is 5.02 Å². The fourth-order valence-corrected chi connectivity index (χ4v) is 4.26. The van der Waals surface area contributed by atoms with Crippen LogP contribution < -0.4 is 5.32 Å². The van der Waals surface area contributed by atoms with Crippen LogP contribution in [0.4, 0.5) is 0 Å². The van der Waals surface area contributed by atoms with Crippen molar-refractivity contribution >= 4 is 50.7 Å². The molecule has 3 rings (SSSR count). The first-order chi connectivity index (χ1) is 13.9. The molecule has 1 amide bonds. The SMILES string of the molecule is CCc1ccc(C(=O)C(C)OC(=O)CNC(=O)c2sc3ccccc3c2Cl)cc1. The summed E-state index contributed by atoms with van der Waals surface area (Å²) in [7, 11) is 0. The number of Topliss-reactive ketones (excluding diaryl/α,β-unsaturated/α-hetero) is 1. The monoisotopic (exact) mass is 429 g/mol. The first kappa shape index (κ1) is 21.0. The van der Waals surface area contributed by atoms with Crippen LogP contribution in [0.15, 0.2) is 48.5 Å². The molecule has 2 aromatic carbocycles. The lowest BCUT2D eigenvalue weighted by Gasteiger charge is -2.13. The molecule has 0 radical (unpaired) electrons. The molecule has 0 spiro atoms. The zero-order valence-electron chi connectivity index (χ0n) is 16.0. The fourth-order valence-electron chi connectivity index (χ4n) is 2.82. The number of aryl methyl sites for hydroxylation is 1. The number of thiophene rings is 1. The molecule has 150 valence electrons. The molecule has 0 saturated heterocycles. The molecule has 5 nitrogen and oxygen atoms in total. The molecule has 1 aromatic heterocycles. The molecule has 0 aliphatic heterocycles. The highest BCUT2D eigenvalue weighted by molar-refractivity contribution is 7.21. The van der Waals surface area contributed by atoms with Crippen LogP contribution in [-0.4, -0.2) is 30.3 Å². The summed E-state index contributed by atoms with van der Waals surface area (Å²) in [6, 6.07) is 14.6. The van der Waals surface area contributed by atoms with Crippen LogP contribution in [0.25, 0.3) is 10.1 Å². The maximum atomic E-state index is 12.4. The Hall–Kier alpha value is -2.70. The number of carbonyl (C=O) groups is 3. The van der Waals surface area contributed by atoms with Gasteiger partial charge in [-0.05, 0) is 25.0 Å². The second-order valence-corrected chi connectivity index (χ2v) is 7.90. The quantitative estimate of drug-likeness (QED) is 0.438. The summed E-state index contributed by atoms with van der Waals surface area (Å²) in [5.41, 5.74) is 1.59. The van der Waals surface area contributed by atoms with Crippen molar-refractivity contribution in [2.24, 2.45) is 0 Å². The lowest BCUT2D eigenvalue weighted by atomic mass is 10.0. The summed E-state index contributed by atoms with van der Waals surface area (Å²) in [4.78, 5) is 37.2. The molecule has 3 aromatic rings. The van der Waals surface area contributed by atoms with E-state index in [0.29, 0.717) is 15.5 Å². The molecule has 0 bridgehead atoms. The Bertz CT molecular complexity index is 1060. The van der Waals surface area contributed by atoms with Crippen molar-refractivity contribution in [3.05, 3.63) is 69.6 Å². The predicted octanol–water partition coefficient (Wildman–Crippen LogP) is 4.66. The number of ketones is 1. The Morgan fingerprint density at radius 2 is 1.79 bits per heavy atom. The molecule has 7 heteroatoms. The van der Waals surface area contributed by atoms with E-state index >= 15 is 0 Å². The van der Waals surface area contributed by atoms with E-state index in [1.54, 1.807) is 12.1 Å². The minimum Gasteiger partial charge on any atom is -0.453 e. The highest BCUT2D eigenvalue weighted by atomic mass is 35.5. The van der Waals surface area contributed by atoms with E-state index in [-0.39, 0.29) is 12.3 Å². The molecule has 0 fully saturated rings. The summed E-state index contributed by atoms with van der Waals surface area (Å²) in [6.07, 6.45) is -0.0671. The van der Waals surface area contributed by atoms with E-state index in [9.17, 15) is 14.4 Å². The third kappa shape index (κ3) is 4.83. The van der Waals surface area contributed by atoms with Gasteiger partial charge in [-0.1, -0.05) is 61.0 Å². The zero-order valence-corrected chi connectivity index (χ0v) is 17.6. The van der Waals surface area contributed by atoms with E-state index < -0.39 is 18.0 Å². The molecule has 1 atom stereocenters. The normalized spacial score (nSPS) is 11.8. The number of carbonyl (C=O) groups excluding carboxylic acids is 3. The Balaban J connectivity index is 1.56. The van der Waals surface area contributed by atoms with E-state index in [0.717, 1.165) is 22.1 Å². The molecule has 0 saturated carbocycles.